The number of rotatable bonds is 4. The van der Waals surface area contributed by atoms with Crippen molar-refractivity contribution in [1.82, 2.24) is 29.5 Å². The summed E-state index contributed by atoms with van der Waals surface area (Å²) in [6.07, 6.45) is 3.52. The van der Waals surface area contributed by atoms with Crippen molar-refractivity contribution in [3.8, 4) is 11.5 Å². The fraction of sp³-hybridized carbons (Fsp3) is 0.148. The molecule has 8 nitrogen and oxygen atoms in total. The van der Waals surface area contributed by atoms with E-state index in [-0.39, 0.29) is 23.3 Å². The van der Waals surface area contributed by atoms with Gasteiger partial charge in [-0.1, -0.05) is 30.8 Å². The molecule has 0 saturated heterocycles. The molecule has 3 aromatic heterocycles. The summed E-state index contributed by atoms with van der Waals surface area (Å²) in [5, 5.41) is 7.48. The molecule has 1 atom stereocenters. The van der Waals surface area contributed by atoms with Crippen molar-refractivity contribution in [3.63, 3.8) is 0 Å². The fourth-order valence-electron chi connectivity index (χ4n) is 4.73. The summed E-state index contributed by atoms with van der Waals surface area (Å²) in [6.45, 7) is 7.80. The van der Waals surface area contributed by atoms with Gasteiger partial charge in [0.25, 0.3) is 0 Å². The molecule has 0 amide bonds. The molecule has 6 rings (SSSR count). The number of hydrogen-bond acceptors (Lipinski definition) is 7. The quantitative estimate of drug-likeness (QED) is 0.375. The van der Waals surface area contributed by atoms with Crippen LogP contribution in [0.5, 0.6) is 0 Å². The molecule has 5 aromatic rings. The van der Waals surface area contributed by atoms with E-state index in [9.17, 15) is 8.78 Å². The standard InChI is InChI=1S/C27H22F2N8/c1-14-4-7-17(11-19(14)29)27(3)15(2)33-25-22(27)23(30)35-24(36-25)21-12-37-26(31-13-32-37)20(34-21)10-16-5-8-18(28)9-6-16/h4-9,11-13H,2,10H2,1,3H3,(H3,30,33,35,36). The van der Waals surface area contributed by atoms with Crippen molar-refractivity contribution in [2.75, 3.05) is 11.1 Å². The number of allylic oxidation sites excluding steroid dienone is 1. The molecule has 2 aromatic carbocycles. The predicted molar refractivity (Wildman–Crippen MR) is 136 cm³/mol. The Morgan fingerprint density at radius 2 is 1.86 bits per heavy atom. The third kappa shape index (κ3) is 3.60. The minimum atomic E-state index is -0.830. The van der Waals surface area contributed by atoms with E-state index in [0.717, 1.165) is 5.56 Å². The van der Waals surface area contributed by atoms with Gasteiger partial charge in [0.1, 0.15) is 35.3 Å². The van der Waals surface area contributed by atoms with Crippen molar-refractivity contribution >= 4 is 17.3 Å². The van der Waals surface area contributed by atoms with Gasteiger partial charge < -0.3 is 11.1 Å². The Kier molecular flexibility index (Phi) is 5.01. The lowest BCUT2D eigenvalue weighted by molar-refractivity contribution is 0.607. The first kappa shape index (κ1) is 22.7. The Morgan fingerprint density at radius 3 is 2.62 bits per heavy atom. The van der Waals surface area contributed by atoms with Gasteiger partial charge in [-0.15, -0.1) is 0 Å². The SMILES string of the molecule is C=C1Nc2nc(-c3cn4ncnc4c(Cc4ccc(F)cc4)n3)nc(N)c2C1(C)c1ccc(C)c(F)c1. The average Bonchev–Trinajstić information content (AvgIpc) is 3.45. The van der Waals surface area contributed by atoms with Gasteiger partial charge in [-0.05, 0) is 48.7 Å². The van der Waals surface area contributed by atoms with Gasteiger partial charge in [0, 0.05) is 12.1 Å². The zero-order chi connectivity index (χ0) is 25.9. The summed E-state index contributed by atoms with van der Waals surface area (Å²) in [6, 6.07) is 11.3. The molecule has 1 aliphatic rings. The highest BCUT2D eigenvalue weighted by Crippen LogP contribution is 2.49. The van der Waals surface area contributed by atoms with Gasteiger partial charge in [0.15, 0.2) is 11.5 Å². The highest BCUT2D eigenvalue weighted by atomic mass is 19.1. The average molecular weight is 497 g/mol. The Morgan fingerprint density at radius 1 is 1.08 bits per heavy atom. The van der Waals surface area contributed by atoms with Gasteiger partial charge in [0.2, 0.25) is 0 Å². The predicted octanol–water partition coefficient (Wildman–Crippen LogP) is 4.59. The smallest absolute Gasteiger partial charge is 0.183 e. The van der Waals surface area contributed by atoms with E-state index < -0.39 is 5.41 Å². The van der Waals surface area contributed by atoms with E-state index in [0.29, 0.717) is 51.7 Å². The summed E-state index contributed by atoms with van der Waals surface area (Å²) in [5.74, 6) is 0.380. The maximum Gasteiger partial charge on any atom is 0.183 e. The molecule has 1 unspecified atom stereocenters. The van der Waals surface area contributed by atoms with Gasteiger partial charge in [-0.3, -0.25) is 0 Å². The molecule has 0 bridgehead atoms. The fourth-order valence-corrected chi connectivity index (χ4v) is 4.73. The molecule has 37 heavy (non-hydrogen) atoms. The zero-order valence-corrected chi connectivity index (χ0v) is 20.1. The number of nitrogens with zero attached hydrogens (tertiary/aromatic N) is 6. The second-order valence-corrected chi connectivity index (χ2v) is 9.25. The summed E-state index contributed by atoms with van der Waals surface area (Å²) >= 11 is 0. The van der Waals surface area contributed by atoms with Crippen LogP contribution in [0.4, 0.5) is 20.4 Å². The number of nitrogens with two attached hydrogens (primary N) is 1. The van der Waals surface area contributed by atoms with Gasteiger partial charge in [0.05, 0.1) is 22.9 Å². The molecular weight excluding hydrogens is 474 g/mol. The van der Waals surface area contributed by atoms with Crippen molar-refractivity contribution < 1.29 is 8.78 Å². The van der Waals surface area contributed by atoms with Crippen LogP contribution in [0.15, 0.2) is 67.3 Å². The summed E-state index contributed by atoms with van der Waals surface area (Å²) < 4.78 is 29.4. The highest BCUT2D eigenvalue weighted by Gasteiger charge is 2.43. The molecule has 0 saturated carbocycles. The number of aromatic nitrogens is 6. The molecule has 0 spiro atoms. The minimum Gasteiger partial charge on any atom is -0.383 e. The third-order valence-corrected chi connectivity index (χ3v) is 6.90. The van der Waals surface area contributed by atoms with Crippen LogP contribution in [0, 0.1) is 18.6 Å². The number of anilines is 2. The zero-order valence-electron chi connectivity index (χ0n) is 20.1. The molecule has 3 N–H and O–H groups in total. The van der Waals surface area contributed by atoms with E-state index in [1.165, 1.54) is 24.5 Å². The topological polar surface area (TPSA) is 107 Å². The molecule has 184 valence electrons. The van der Waals surface area contributed by atoms with Crippen LogP contribution in [0.3, 0.4) is 0 Å². The Labute approximate surface area is 211 Å². The number of nitrogens with one attached hydrogen (secondary N) is 1. The first-order chi connectivity index (χ1) is 17.7. The first-order valence-corrected chi connectivity index (χ1v) is 11.6. The van der Waals surface area contributed by atoms with Crippen molar-refractivity contribution in [1.29, 1.82) is 0 Å². The normalized spacial score (nSPS) is 16.7. The van der Waals surface area contributed by atoms with Crippen LogP contribution in [0.2, 0.25) is 0 Å². The maximum atomic E-state index is 14.5. The molecule has 4 heterocycles. The van der Waals surface area contributed by atoms with Gasteiger partial charge in [-0.25, -0.2) is 33.2 Å². The second kappa shape index (κ2) is 8.16. The number of nitrogen functional groups attached to an aromatic ring is 1. The number of halogens is 2. The number of fused-ring (bicyclic) bond motifs is 2. The monoisotopic (exact) mass is 496 g/mol. The number of benzene rings is 2. The van der Waals surface area contributed by atoms with Crippen LogP contribution in [0.25, 0.3) is 17.2 Å². The lowest BCUT2D eigenvalue weighted by Gasteiger charge is -2.27. The van der Waals surface area contributed by atoms with Crippen LogP contribution in [-0.4, -0.2) is 29.5 Å². The van der Waals surface area contributed by atoms with E-state index in [2.05, 4.69) is 27.0 Å². The van der Waals surface area contributed by atoms with Crippen molar-refractivity contribution in [3.05, 3.63) is 107 Å². The molecule has 0 aliphatic carbocycles. The Bertz CT molecular complexity index is 1710. The Hall–Kier alpha value is -4.73. The lowest BCUT2D eigenvalue weighted by atomic mass is 9.76. The lowest BCUT2D eigenvalue weighted by Crippen LogP contribution is -2.25. The van der Waals surface area contributed by atoms with Crippen LogP contribution in [0.1, 0.15) is 34.9 Å². The minimum absolute atomic E-state index is 0.232. The van der Waals surface area contributed by atoms with E-state index in [4.69, 9.17) is 15.7 Å². The second-order valence-electron chi connectivity index (χ2n) is 9.25. The molecule has 0 fully saturated rings. The van der Waals surface area contributed by atoms with Crippen molar-refractivity contribution in [2.24, 2.45) is 0 Å². The Balaban J connectivity index is 1.45. The first-order valence-electron chi connectivity index (χ1n) is 11.6. The molecule has 0 radical (unpaired) electrons. The van der Waals surface area contributed by atoms with E-state index in [1.54, 1.807) is 35.8 Å². The van der Waals surface area contributed by atoms with Crippen LogP contribution >= 0.6 is 0 Å². The maximum absolute atomic E-state index is 14.5. The van der Waals surface area contributed by atoms with E-state index in [1.807, 2.05) is 13.0 Å². The summed E-state index contributed by atoms with van der Waals surface area (Å²) in [5.41, 5.74) is 10.6. The molecular formula is C27H22F2N8. The highest BCUT2D eigenvalue weighted by molar-refractivity contribution is 5.76. The van der Waals surface area contributed by atoms with Gasteiger partial charge >= 0.3 is 0 Å². The molecule has 10 heteroatoms. The molecule has 1 aliphatic heterocycles. The summed E-state index contributed by atoms with van der Waals surface area (Å²) in [7, 11) is 0. The van der Waals surface area contributed by atoms with Crippen molar-refractivity contribution in [2.45, 2.75) is 25.7 Å². The van der Waals surface area contributed by atoms with Crippen LogP contribution in [-0.2, 0) is 11.8 Å². The third-order valence-electron chi connectivity index (χ3n) is 6.90. The largest absolute Gasteiger partial charge is 0.383 e. The van der Waals surface area contributed by atoms with Crippen LogP contribution < -0.4 is 11.1 Å². The van der Waals surface area contributed by atoms with Gasteiger partial charge in [-0.2, -0.15) is 5.10 Å². The van der Waals surface area contributed by atoms with E-state index >= 15 is 0 Å². The number of hydrogen-bond donors (Lipinski definition) is 2. The number of aryl methyl sites for hydroxylation is 1. The summed E-state index contributed by atoms with van der Waals surface area (Å²) in [4.78, 5) is 18.4.